The molecule has 0 bridgehead atoms. The Kier molecular flexibility index (Phi) is 9.57. The lowest BCUT2D eigenvalue weighted by Crippen LogP contribution is -2.42. The lowest BCUT2D eigenvalue weighted by Gasteiger charge is -2.35. The molecule has 2 aliphatic rings. The molecule has 4 N–H and O–H groups in total. The highest BCUT2D eigenvalue weighted by Crippen LogP contribution is 2.22. The van der Waals surface area contributed by atoms with E-state index < -0.39 is 15.7 Å². The van der Waals surface area contributed by atoms with Crippen LogP contribution in [0.5, 0.6) is 0 Å². The van der Waals surface area contributed by atoms with Crippen LogP contribution in [0.3, 0.4) is 0 Å². The van der Waals surface area contributed by atoms with Gasteiger partial charge in [0.2, 0.25) is 0 Å². The molecule has 1 aromatic carbocycles. The number of carbonyl (C=O) groups is 1. The normalized spacial score (nSPS) is 23.1. The van der Waals surface area contributed by atoms with Crippen LogP contribution in [0, 0.1) is 0 Å². The zero-order valence-corrected chi connectivity index (χ0v) is 22.8. The number of benzene rings is 1. The summed E-state index contributed by atoms with van der Waals surface area (Å²) in [6.45, 7) is 8.33. The number of amidine groups is 1. The summed E-state index contributed by atoms with van der Waals surface area (Å²) in [5, 5.41) is 6.71. The molecule has 37 heavy (non-hydrogen) atoms. The van der Waals surface area contributed by atoms with Crippen LogP contribution in [-0.4, -0.2) is 57.1 Å². The van der Waals surface area contributed by atoms with Crippen molar-refractivity contribution >= 4 is 27.3 Å². The van der Waals surface area contributed by atoms with Gasteiger partial charge in [0.05, 0.1) is 17.1 Å². The Morgan fingerprint density at radius 2 is 2.00 bits per heavy atom. The van der Waals surface area contributed by atoms with E-state index in [1.807, 2.05) is 32.9 Å². The second kappa shape index (κ2) is 12.6. The van der Waals surface area contributed by atoms with Crippen molar-refractivity contribution in [1.29, 1.82) is 0 Å². The summed E-state index contributed by atoms with van der Waals surface area (Å²) >= 11 is 0. The van der Waals surface area contributed by atoms with Crippen molar-refractivity contribution in [3.8, 4) is 0 Å². The number of rotatable bonds is 9. The number of likely N-dealkylation sites (tertiary alicyclic amines) is 1. The van der Waals surface area contributed by atoms with Gasteiger partial charge in [0.1, 0.15) is 11.7 Å². The van der Waals surface area contributed by atoms with Crippen molar-refractivity contribution in [1.82, 2.24) is 10.2 Å². The van der Waals surface area contributed by atoms with Crippen LogP contribution in [-0.2, 0) is 19.4 Å². The molecule has 0 unspecified atom stereocenters. The van der Waals surface area contributed by atoms with Crippen LogP contribution in [0.1, 0.15) is 40.0 Å². The third kappa shape index (κ3) is 7.48. The fraction of sp³-hybridized carbons (Fsp3) is 0.407. The molecule has 2 heterocycles. The number of carbonyl (C=O) groups excluding carboxylic acids is 1. The first-order valence-corrected chi connectivity index (χ1v) is 14.4. The number of primary amides is 1. The van der Waals surface area contributed by atoms with E-state index in [1.54, 1.807) is 24.3 Å². The average Bonchev–Trinajstić information content (AvgIpc) is 2.85. The van der Waals surface area contributed by atoms with Crippen molar-refractivity contribution in [2.75, 3.05) is 31.3 Å². The van der Waals surface area contributed by atoms with Gasteiger partial charge in [0, 0.05) is 31.1 Å². The standard InChI is InChI=1S/C27H37N5O4S/c1-5-19-10-8-13-23(25(28)33)27(30-21-11-9-12-22(18-21)37(4,34)35)31-26(19)29-20-14-16-32(17-15-20)24(6-2)36-7-3/h6,8-13,18,20H,5,7,14-17H2,1-4H3,(H2,28,33)(H2,29,30,31). The molecule has 9 nitrogen and oxygen atoms in total. The Balaban J connectivity index is 1.90. The van der Waals surface area contributed by atoms with Crippen molar-refractivity contribution in [3.63, 3.8) is 0 Å². The van der Waals surface area contributed by atoms with Gasteiger partial charge >= 0.3 is 0 Å². The molecular weight excluding hydrogens is 490 g/mol. The number of hydrogen-bond acceptors (Lipinski definition) is 8. The first-order valence-electron chi connectivity index (χ1n) is 12.5. The first kappa shape index (κ1) is 28.0. The topological polar surface area (TPSA) is 126 Å². The Morgan fingerprint density at radius 3 is 2.59 bits per heavy atom. The second-order valence-corrected chi connectivity index (χ2v) is 10.9. The molecule has 200 valence electrons. The van der Waals surface area contributed by atoms with Gasteiger partial charge in [-0.1, -0.05) is 25.1 Å². The summed E-state index contributed by atoms with van der Waals surface area (Å²) in [6.07, 6.45) is 11.0. The van der Waals surface area contributed by atoms with E-state index in [2.05, 4.69) is 15.5 Å². The van der Waals surface area contributed by atoms with Gasteiger partial charge in [-0.3, -0.25) is 4.79 Å². The van der Waals surface area contributed by atoms with E-state index in [0.29, 0.717) is 18.1 Å². The number of anilines is 1. The lowest BCUT2D eigenvalue weighted by molar-refractivity contribution is -0.114. The molecule has 1 saturated heterocycles. The molecule has 1 fully saturated rings. The smallest absolute Gasteiger partial charge is 0.252 e. The third-order valence-corrected chi connectivity index (χ3v) is 7.31. The number of sulfone groups is 1. The Hall–Kier alpha value is -3.53. The number of aliphatic imine (C=N–C) groups is 1. The number of nitrogens with two attached hydrogens (primary N) is 1. The zero-order valence-electron chi connectivity index (χ0n) is 22.0. The SMILES string of the molecule is CC=C(OCC)N1CCC(NC2=C(CC)/C=C/C=C(C(N)=O)/C(Nc3cccc(S(C)(=O)=O)c3)=N\2)CC1. The minimum Gasteiger partial charge on any atom is -0.480 e. The summed E-state index contributed by atoms with van der Waals surface area (Å²) in [5.74, 6) is 1.17. The number of ether oxygens (including phenoxy) is 1. The zero-order chi connectivity index (χ0) is 27.0. The summed E-state index contributed by atoms with van der Waals surface area (Å²) < 4.78 is 29.8. The van der Waals surface area contributed by atoms with Crippen LogP contribution in [0.25, 0.3) is 0 Å². The molecule has 1 amide bonds. The van der Waals surface area contributed by atoms with Crippen molar-refractivity contribution < 1.29 is 17.9 Å². The number of piperidine rings is 1. The van der Waals surface area contributed by atoms with Crippen molar-refractivity contribution in [2.24, 2.45) is 10.7 Å². The highest BCUT2D eigenvalue weighted by Gasteiger charge is 2.24. The molecule has 0 atom stereocenters. The van der Waals surface area contributed by atoms with E-state index in [0.717, 1.165) is 50.1 Å². The monoisotopic (exact) mass is 527 g/mol. The molecule has 0 saturated carbocycles. The first-order chi connectivity index (χ1) is 17.7. The van der Waals surface area contributed by atoms with Crippen LogP contribution >= 0.6 is 0 Å². The summed E-state index contributed by atoms with van der Waals surface area (Å²) in [6, 6.07) is 6.56. The molecule has 0 aromatic heterocycles. The molecule has 1 aromatic rings. The molecule has 2 aliphatic heterocycles. The summed E-state index contributed by atoms with van der Waals surface area (Å²) in [5.41, 5.74) is 7.35. The van der Waals surface area contributed by atoms with E-state index in [1.165, 1.54) is 12.1 Å². The second-order valence-electron chi connectivity index (χ2n) is 8.88. The van der Waals surface area contributed by atoms with Gasteiger partial charge in [-0.25, -0.2) is 13.4 Å². The average molecular weight is 528 g/mol. The quantitative estimate of drug-likeness (QED) is 0.420. The Bertz CT molecular complexity index is 1250. The maximum atomic E-state index is 12.3. The highest BCUT2D eigenvalue weighted by molar-refractivity contribution is 7.90. The van der Waals surface area contributed by atoms with Crippen LogP contribution in [0.4, 0.5) is 5.69 Å². The number of amides is 1. The maximum absolute atomic E-state index is 12.3. The van der Waals surface area contributed by atoms with Gasteiger partial charge in [-0.2, -0.15) is 0 Å². The Labute approximate surface area is 219 Å². The molecule has 10 heteroatoms. The van der Waals surface area contributed by atoms with Gasteiger partial charge in [-0.05, 0) is 69.0 Å². The van der Waals surface area contributed by atoms with E-state index in [4.69, 9.17) is 15.5 Å². The number of nitrogens with one attached hydrogen (secondary N) is 2. The van der Waals surface area contributed by atoms with Crippen molar-refractivity contribution in [3.05, 3.63) is 71.4 Å². The van der Waals surface area contributed by atoms with Gasteiger partial charge in [0.25, 0.3) is 5.91 Å². The Morgan fingerprint density at radius 1 is 1.27 bits per heavy atom. The van der Waals surface area contributed by atoms with E-state index >= 15 is 0 Å². The highest BCUT2D eigenvalue weighted by atomic mass is 32.2. The minimum atomic E-state index is -3.40. The molecular formula is C27H37N5O4S. The van der Waals surface area contributed by atoms with Gasteiger partial charge in [0.15, 0.2) is 15.7 Å². The van der Waals surface area contributed by atoms with Crippen LogP contribution in [0.2, 0.25) is 0 Å². The summed E-state index contributed by atoms with van der Waals surface area (Å²) in [7, 11) is -3.40. The molecule has 0 spiro atoms. The predicted octanol–water partition coefficient (Wildman–Crippen LogP) is 3.46. The number of allylic oxidation sites excluding steroid dienone is 5. The largest absolute Gasteiger partial charge is 0.480 e. The van der Waals surface area contributed by atoms with E-state index in [9.17, 15) is 13.2 Å². The lowest BCUT2D eigenvalue weighted by atomic mass is 10.0. The van der Waals surface area contributed by atoms with Crippen LogP contribution < -0.4 is 16.4 Å². The van der Waals surface area contributed by atoms with Gasteiger partial charge < -0.3 is 26.0 Å². The van der Waals surface area contributed by atoms with E-state index in [-0.39, 0.29) is 22.3 Å². The molecule has 3 rings (SSSR count). The summed E-state index contributed by atoms with van der Waals surface area (Å²) in [4.78, 5) is 19.6. The number of hydrogen-bond donors (Lipinski definition) is 3. The maximum Gasteiger partial charge on any atom is 0.252 e. The minimum absolute atomic E-state index is 0.163. The fourth-order valence-electron chi connectivity index (χ4n) is 4.25. The van der Waals surface area contributed by atoms with Crippen LogP contribution in [0.15, 0.2) is 81.3 Å². The van der Waals surface area contributed by atoms with Crippen molar-refractivity contribution in [2.45, 2.75) is 51.0 Å². The number of nitrogens with zero attached hydrogens (tertiary/aromatic N) is 2. The fourth-order valence-corrected chi connectivity index (χ4v) is 4.92. The predicted molar refractivity (Wildman–Crippen MR) is 147 cm³/mol. The van der Waals surface area contributed by atoms with Gasteiger partial charge in [-0.15, -0.1) is 0 Å². The molecule has 0 radical (unpaired) electrons. The molecule has 0 aliphatic carbocycles. The third-order valence-electron chi connectivity index (χ3n) is 6.20.